The van der Waals surface area contributed by atoms with E-state index in [-0.39, 0.29) is 11.3 Å². The van der Waals surface area contributed by atoms with Gasteiger partial charge >= 0.3 is 0 Å². The van der Waals surface area contributed by atoms with Crippen LogP contribution in [-0.2, 0) is 6.42 Å². The standard InChI is InChI=1S/C19H30N4O/c1-5-14-12(2)17(21-20-14)18(24)23-11-13-10-19(3)15(22(13)4)8-6-7-9-16(19)23/h13,15-16H,5-11H2,1-4H3,(H,20,21)/t13-,15-,16+,19-/m0/s1. The number of fused-ring (bicyclic) bond motifs is 1. The number of hydrogen-bond acceptors (Lipinski definition) is 3. The Bertz CT molecular complexity index is 654. The van der Waals surface area contributed by atoms with Gasteiger partial charge in [0, 0.05) is 41.3 Å². The summed E-state index contributed by atoms with van der Waals surface area (Å²) in [6, 6.07) is 1.49. The van der Waals surface area contributed by atoms with Crippen LogP contribution >= 0.6 is 0 Å². The third kappa shape index (κ3) is 2.10. The molecule has 4 atom stereocenters. The van der Waals surface area contributed by atoms with Crippen molar-refractivity contribution in [2.75, 3.05) is 13.6 Å². The molecule has 1 N–H and O–H groups in total. The number of likely N-dealkylation sites (N-methyl/N-ethyl adjacent to an activating group) is 1. The first-order valence-corrected chi connectivity index (χ1v) is 9.54. The molecule has 4 rings (SSSR count). The highest BCUT2D eigenvalue weighted by Gasteiger charge is 2.58. The number of aromatic amines is 1. The fourth-order valence-electron chi connectivity index (χ4n) is 5.81. The van der Waals surface area contributed by atoms with Crippen LogP contribution in [0.2, 0.25) is 0 Å². The van der Waals surface area contributed by atoms with Gasteiger partial charge in [0.1, 0.15) is 0 Å². The maximum absolute atomic E-state index is 13.4. The fourth-order valence-corrected chi connectivity index (χ4v) is 5.81. The minimum Gasteiger partial charge on any atom is -0.332 e. The molecule has 2 aliphatic heterocycles. The summed E-state index contributed by atoms with van der Waals surface area (Å²) in [7, 11) is 2.27. The van der Waals surface area contributed by atoms with Crippen molar-refractivity contribution in [3.05, 3.63) is 17.0 Å². The second-order valence-electron chi connectivity index (χ2n) is 8.33. The predicted octanol–water partition coefficient (Wildman–Crippen LogP) is 2.76. The monoisotopic (exact) mass is 330 g/mol. The number of carbonyl (C=O) groups excluding carboxylic acids is 1. The largest absolute Gasteiger partial charge is 0.332 e. The third-order valence-electron chi connectivity index (χ3n) is 7.18. The van der Waals surface area contributed by atoms with Gasteiger partial charge in [-0.15, -0.1) is 0 Å². The molecule has 0 spiro atoms. The Morgan fingerprint density at radius 2 is 2.04 bits per heavy atom. The topological polar surface area (TPSA) is 52.2 Å². The molecular formula is C19H30N4O. The molecule has 5 heteroatoms. The van der Waals surface area contributed by atoms with Gasteiger partial charge in [-0.3, -0.25) is 14.8 Å². The Morgan fingerprint density at radius 1 is 1.33 bits per heavy atom. The molecule has 3 aliphatic rings. The van der Waals surface area contributed by atoms with Crippen molar-refractivity contribution in [3.63, 3.8) is 0 Å². The van der Waals surface area contributed by atoms with Gasteiger partial charge in [0.2, 0.25) is 0 Å². The fraction of sp³-hybridized carbons (Fsp3) is 0.789. The van der Waals surface area contributed by atoms with E-state index in [1.165, 1.54) is 25.7 Å². The lowest BCUT2D eigenvalue weighted by Gasteiger charge is -2.46. The van der Waals surface area contributed by atoms with E-state index in [4.69, 9.17) is 0 Å². The summed E-state index contributed by atoms with van der Waals surface area (Å²) in [4.78, 5) is 18.1. The van der Waals surface area contributed by atoms with Gasteiger partial charge in [-0.1, -0.05) is 26.7 Å². The van der Waals surface area contributed by atoms with Crippen molar-refractivity contribution >= 4 is 5.91 Å². The van der Waals surface area contributed by atoms with Gasteiger partial charge < -0.3 is 4.90 Å². The lowest BCUT2D eigenvalue weighted by Crippen LogP contribution is -2.55. The molecule has 2 bridgehead atoms. The van der Waals surface area contributed by atoms with Crippen LogP contribution in [0.25, 0.3) is 0 Å². The van der Waals surface area contributed by atoms with Crippen LogP contribution in [0.5, 0.6) is 0 Å². The van der Waals surface area contributed by atoms with Crippen molar-refractivity contribution < 1.29 is 4.79 Å². The highest BCUT2D eigenvalue weighted by molar-refractivity contribution is 5.94. The molecule has 1 aromatic heterocycles. The van der Waals surface area contributed by atoms with E-state index < -0.39 is 0 Å². The van der Waals surface area contributed by atoms with E-state index in [1.54, 1.807) is 0 Å². The van der Waals surface area contributed by atoms with E-state index in [0.29, 0.717) is 23.8 Å². The first-order chi connectivity index (χ1) is 11.5. The molecular weight excluding hydrogens is 300 g/mol. The van der Waals surface area contributed by atoms with Crippen molar-refractivity contribution in [1.29, 1.82) is 0 Å². The molecule has 0 radical (unpaired) electrons. The van der Waals surface area contributed by atoms with Gasteiger partial charge in [0.25, 0.3) is 5.91 Å². The first-order valence-electron chi connectivity index (χ1n) is 9.54. The third-order valence-corrected chi connectivity index (χ3v) is 7.18. The minimum absolute atomic E-state index is 0.139. The number of H-pyrrole nitrogens is 1. The van der Waals surface area contributed by atoms with Gasteiger partial charge in [-0.25, -0.2) is 0 Å². The van der Waals surface area contributed by atoms with Gasteiger partial charge in [0.15, 0.2) is 5.69 Å². The Hall–Kier alpha value is -1.36. The molecule has 3 heterocycles. The molecule has 132 valence electrons. The normalized spacial score (nSPS) is 36.0. The molecule has 5 nitrogen and oxygen atoms in total. The Kier molecular flexibility index (Phi) is 3.75. The lowest BCUT2D eigenvalue weighted by atomic mass is 9.71. The Morgan fingerprint density at radius 3 is 2.71 bits per heavy atom. The maximum Gasteiger partial charge on any atom is 0.274 e. The predicted molar refractivity (Wildman–Crippen MR) is 94.1 cm³/mol. The van der Waals surface area contributed by atoms with Crippen LogP contribution in [0.4, 0.5) is 0 Å². The lowest BCUT2D eigenvalue weighted by molar-refractivity contribution is 0.0278. The SMILES string of the molecule is CCc1[nH]nc(C(=O)N2C[C@@H]3C[C@@]4(C)[C@H](CCCC[C@@H]24)N3C)c1C. The zero-order chi connectivity index (χ0) is 17.1. The average Bonchev–Trinajstić information content (AvgIpc) is 2.95. The van der Waals surface area contributed by atoms with E-state index in [9.17, 15) is 4.79 Å². The van der Waals surface area contributed by atoms with E-state index in [0.717, 1.165) is 30.6 Å². The van der Waals surface area contributed by atoms with Crippen molar-refractivity contribution in [2.45, 2.75) is 77.4 Å². The molecule has 3 fully saturated rings. The molecule has 1 amide bonds. The van der Waals surface area contributed by atoms with Gasteiger partial charge in [-0.2, -0.15) is 5.10 Å². The Labute approximate surface area is 144 Å². The van der Waals surface area contributed by atoms with Crippen molar-refractivity contribution in [1.82, 2.24) is 20.0 Å². The molecule has 0 unspecified atom stereocenters. The van der Waals surface area contributed by atoms with Crippen molar-refractivity contribution in [3.8, 4) is 0 Å². The summed E-state index contributed by atoms with van der Waals surface area (Å²) in [6.45, 7) is 7.41. The smallest absolute Gasteiger partial charge is 0.274 e. The second-order valence-corrected chi connectivity index (χ2v) is 8.33. The van der Waals surface area contributed by atoms with E-state index >= 15 is 0 Å². The average molecular weight is 330 g/mol. The van der Waals surface area contributed by atoms with Crippen LogP contribution in [0.15, 0.2) is 0 Å². The van der Waals surface area contributed by atoms with Crippen LogP contribution in [0.1, 0.15) is 67.7 Å². The van der Waals surface area contributed by atoms with Crippen LogP contribution in [-0.4, -0.2) is 57.6 Å². The molecule has 2 saturated heterocycles. The number of nitrogens with one attached hydrogen (secondary N) is 1. The second kappa shape index (κ2) is 5.58. The number of likely N-dealkylation sites (tertiary alicyclic amines) is 2. The number of rotatable bonds is 2. The Balaban J connectivity index is 1.70. The quantitative estimate of drug-likeness (QED) is 0.907. The number of aromatic nitrogens is 2. The van der Waals surface area contributed by atoms with E-state index in [1.807, 2.05) is 6.92 Å². The van der Waals surface area contributed by atoms with Crippen molar-refractivity contribution in [2.24, 2.45) is 5.41 Å². The summed E-state index contributed by atoms with van der Waals surface area (Å²) in [5, 5.41) is 7.43. The zero-order valence-electron chi connectivity index (χ0n) is 15.4. The maximum atomic E-state index is 13.4. The van der Waals surface area contributed by atoms with Crippen LogP contribution < -0.4 is 0 Å². The molecule has 1 aromatic rings. The molecule has 1 aliphatic carbocycles. The zero-order valence-corrected chi connectivity index (χ0v) is 15.4. The highest BCUT2D eigenvalue weighted by Crippen LogP contribution is 2.52. The number of amides is 1. The van der Waals surface area contributed by atoms with Gasteiger partial charge in [-0.05, 0) is 39.7 Å². The van der Waals surface area contributed by atoms with Crippen LogP contribution in [0.3, 0.4) is 0 Å². The number of nitrogens with zero attached hydrogens (tertiary/aromatic N) is 3. The summed E-state index contributed by atoms with van der Waals surface area (Å²) in [5.41, 5.74) is 2.99. The molecule has 24 heavy (non-hydrogen) atoms. The summed E-state index contributed by atoms with van der Waals surface area (Å²) >= 11 is 0. The molecule has 0 aromatic carbocycles. The summed E-state index contributed by atoms with van der Waals surface area (Å²) in [6.07, 6.45) is 7.08. The number of piperidine rings is 1. The number of aryl methyl sites for hydroxylation is 1. The first kappa shape index (κ1) is 16.1. The highest BCUT2D eigenvalue weighted by atomic mass is 16.2. The molecule has 1 saturated carbocycles. The summed E-state index contributed by atoms with van der Waals surface area (Å²) in [5.74, 6) is 0.139. The number of hydrogen-bond donors (Lipinski definition) is 1. The van der Waals surface area contributed by atoms with Gasteiger partial charge in [0.05, 0.1) is 0 Å². The number of carbonyl (C=O) groups is 1. The summed E-state index contributed by atoms with van der Waals surface area (Å²) < 4.78 is 0. The minimum atomic E-state index is 0.139. The van der Waals surface area contributed by atoms with E-state index in [2.05, 4.69) is 40.9 Å². The van der Waals surface area contributed by atoms with Crippen LogP contribution in [0, 0.1) is 12.3 Å².